The van der Waals surface area contributed by atoms with Gasteiger partial charge in [0.05, 0.1) is 5.60 Å². The molecule has 0 aliphatic rings. The Morgan fingerprint density at radius 2 is 1.90 bits per heavy atom. The van der Waals surface area contributed by atoms with Gasteiger partial charge in [0.15, 0.2) is 0 Å². The summed E-state index contributed by atoms with van der Waals surface area (Å²) in [6.07, 6.45) is 0. The lowest BCUT2D eigenvalue weighted by atomic mass is 9.92. The fourth-order valence-corrected chi connectivity index (χ4v) is 1.85. The number of halogens is 2. The van der Waals surface area contributed by atoms with Gasteiger partial charge in [0.25, 0.3) is 11.7 Å². The zero-order valence-electron chi connectivity index (χ0n) is 11.7. The Morgan fingerprint density at radius 3 is 2.35 bits per heavy atom. The van der Waals surface area contributed by atoms with Gasteiger partial charge >= 0.3 is 0 Å². The van der Waals surface area contributed by atoms with Gasteiger partial charge in [-0.3, -0.25) is 4.79 Å². The van der Waals surface area contributed by atoms with Crippen LogP contribution in [0.1, 0.15) is 31.1 Å². The molecule has 1 amide bonds. The molecule has 20 heavy (non-hydrogen) atoms. The van der Waals surface area contributed by atoms with Crippen LogP contribution in [0, 0.1) is 5.92 Å². The zero-order chi connectivity index (χ0) is 15.3. The molecule has 6 heteroatoms. The molecular weight excluding hydrogens is 284 g/mol. The van der Waals surface area contributed by atoms with E-state index in [0.29, 0.717) is 22.2 Å². The molecule has 112 valence electrons. The molecule has 1 aromatic rings. The van der Waals surface area contributed by atoms with Crippen molar-refractivity contribution in [1.82, 2.24) is 5.32 Å². The first kappa shape index (κ1) is 16.9. The highest BCUT2D eigenvalue weighted by Crippen LogP contribution is 2.25. The van der Waals surface area contributed by atoms with Crippen molar-refractivity contribution in [3.8, 4) is 0 Å². The van der Waals surface area contributed by atoms with Gasteiger partial charge in [-0.05, 0) is 37.1 Å². The van der Waals surface area contributed by atoms with Crippen molar-refractivity contribution in [1.29, 1.82) is 0 Å². The van der Waals surface area contributed by atoms with E-state index in [0.717, 1.165) is 0 Å². The number of nitrogens with one attached hydrogen (secondary N) is 1. The fourth-order valence-electron chi connectivity index (χ4n) is 1.35. The first-order chi connectivity index (χ1) is 9.22. The molecule has 1 atom stereocenters. The van der Waals surface area contributed by atoms with Crippen molar-refractivity contribution >= 4 is 17.7 Å². The summed E-state index contributed by atoms with van der Waals surface area (Å²) in [5, 5.41) is 12.7. The highest BCUT2D eigenvalue weighted by Gasteiger charge is 2.25. The van der Waals surface area contributed by atoms with Crippen molar-refractivity contribution in [2.45, 2.75) is 37.0 Å². The second-order valence-corrected chi connectivity index (χ2v) is 6.16. The number of hydrogen-bond acceptors (Lipinski definition) is 3. The number of rotatable bonds is 6. The van der Waals surface area contributed by atoms with Crippen molar-refractivity contribution in [3.63, 3.8) is 0 Å². The van der Waals surface area contributed by atoms with Crippen LogP contribution < -0.4 is 5.32 Å². The van der Waals surface area contributed by atoms with Crippen LogP contribution in [0.3, 0.4) is 0 Å². The van der Waals surface area contributed by atoms with Crippen LogP contribution in [0.5, 0.6) is 0 Å². The first-order valence-electron chi connectivity index (χ1n) is 6.28. The number of amides is 1. The Labute approximate surface area is 121 Å². The van der Waals surface area contributed by atoms with Gasteiger partial charge in [0.1, 0.15) is 0 Å². The summed E-state index contributed by atoms with van der Waals surface area (Å²) in [6.45, 7) is 5.52. The van der Waals surface area contributed by atoms with E-state index in [-0.39, 0.29) is 18.4 Å². The minimum absolute atomic E-state index is 0.00705. The molecule has 0 saturated carbocycles. The molecule has 0 aromatic heterocycles. The normalized spacial score (nSPS) is 14.4. The highest BCUT2D eigenvalue weighted by molar-refractivity contribution is 7.99. The Morgan fingerprint density at radius 1 is 1.35 bits per heavy atom. The summed E-state index contributed by atoms with van der Waals surface area (Å²) in [4.78, 5) is 12.3. The third kappa shape index (κ3) is 5.09. The molecule has 0 heterocycles. The molecule has 0 fully saturated rings. The summed E-state index contributed by atoms with van der Waals surface area (Å²) in [6, 6.07) is 5.94. The Hall–Kier alpha value is -1.14. The molecule has 2 N–H and O–H groups in total. The Bertz CT molecular complexity index is 447. The van der Waals surface area contributed by atoms with Gasteiger partial charge in [0.2, 0.25) is 0 Å². The van der Waals surface area contributed by atoms with Gasteiger partial charge in [-0.15, -0.1) is 0 Å². The predicted molar refractivity (Wildman–Crippen MR) is 76.1 cm³/mol. The van der Waals surface area contributed by atoms with E-state index in [1.165, 1.54) is 24.3 Å². The maximum atomic E-state index is 12.2. The van der Waals surface area contributed by atoms with Crippen LogP contribution in [-0.4, -0.2) is 28.9 Å². The van der Waals surface area contributed by atoms with Crippen LogP contribution in [0.15, 0.2) is 29.2 Å². The fraction of sp³-hybridized carbons (Fsp3) is 0.500. The van der Waals surface area contributed by atoms with E-state index >= 15 is 0 Å². The van der Waals surface area contributed by atoms with Gasteiger partial charge in [0, 0.05) is 17.0 Å². The number of aliphatic hydroxyl groups is 1. The Balaban J connectivity index is 2.60. The van der Waals surface area contributed by atoms with Gasteiger partial charge in [-0.2, -0.15) is 8.78 Å². The average Bonchev–Trinajstić information content (AvgIpc) is 2.36. The summed E-state index contributed by atoms with van der Waals surface area (Å²) in [5.41, 5.74) is -0.607. The van der Waals surface area contributed by atoms with E-state index in [9.17, 15) is 18.7 Å². The first-order valence-corrected chi connectivity index (χ1v) is 7.16. The van der Waals surface area contributed by atoms with E-state index in [2.05, 4.69) is 5.32 Å². The quantitative estimate of drug-likeness (QED) is 0.794. The minimum atomic E-state index is -2.48. The summed E-state index contributed by atoms with van der Waals surface area (Å²) >= 11 is 0.435. The third-order valence-electron chi connectivity index (χ3n) is 3.19. The van der Waals surface area contributed by atoms with Crippen LogP contribution in [0.4, 0.5) is 8.78 Å². The maximum Gasteiger partial charge on any atom is 0.288 e. The van der Waals surface area contributed by atoms with Crippen LogP contribution in [-0.2, 0) is 0 Å². The van der Waals surface area contributed by atoms with E-state index < -0.39 is 11.4 Å². The van der Waals surface area contributed by atoms with Crippen LogP contribution in [0.2, 0.25) is 0 Å². The lowest BCUT2D eigenvalue weighted by molar-refractivity contribution is 0.0142. The van der Waals surface area contributed by atoms with Crippen LogP contribution in [0.25, 0.3) is 0 Å². The van der Waals surface area contributed by atoms with Crippen LogP contribution >= 0.6 is 11.8 Å². The lowest BCUT2D eigenvalue weighted by Gasteiger charge is -2.27. The average molecular weight is 303 g/mol. The number of benzene rings is 1. The lowest BCUT2D eigenvalue weighted by Crippen LogP contribution is -2.44. The molecule has 0 radical (unpaired) electrons. The molecule has 0 bridgehead atoms. The monoisotopic (exact) mass is 303 g/mol. The molecule has 0 saturated heterocycles. The number of alkyl halides is 2. The minimum Gasteiger partial charge on any atom is -0.388 e. The molecule has 1 rings (SSSR count). The van der Waals surface area contributed by atoms with E-state index in [1.54, 1.807) is 6.92 Å². The second-order valence-electron chi connectivity index (χ2n) is 5.10. The molecule has 0 aliphatic carbocycles. The Kier molecular flexibility index (Phi) is 5.95. The van der Waals surface area contributed by atoms with Gasteiger partial charge in [-0.1, -0.05) is 25.6 Å². The largest absolute Gasteiger partial charge is 0.388 e. The number of carbonyl (C=O) groups is 1. The third-order valence-corrected chi connectivity index (χ3v) is 3.91. The molecule has 1 unspecified atom stereocenters. The standard InChI is InChI=1S/C14H19F2NO2S/c1-9(2)14(3,19)8-17-12(18)10-4-6-11(7-5-10)20-13(15)16/h4-7,9,13,19H,8H2,1-3H3,(H,17,18). The van der Waals surface area contributed by atoms with Gasteiger partial charge in [-0.25, -0.2) is 0 Å². The smallest absolute Gasteiger partial charge is 0.288 e. The number of thioether (sulfide) groups is 1. The van der Waals surface area contributed by atoms with Crippen molar-refractivity contribution in [2.24, 2.45) is 5.92 Å². The highest BCUT2D eigenvalue weighted by atomic mass is 32.2. The number of hydrogen-bond donors (Lipinski definition) is 2. The summed E-state index contributed by atoms with van der Waals surface area (Å²) in [7, 11) is 0. The number of carbonyl (C=O) groups excluding carboxylic acids is 1. The van der Waals surface area contributed by atoms with E-state index in [4.69, 9.17) is 0 Å². The molecular formula is C14H19F2NO2S. The SMILES string of the molecule is CC(C)C(C)(O)CNC(=O)c1ccc(SC(F)F)cc1. The van der Waals surface area contributed by atoms with Crippen molar-refractivity contribution < 1.29 is 18.7 Å². The molecule has 3 nitrogen and oxygen atoms in total. The van der Waals surface area contributed by atoms with E-state index in [1.807, 2.05) is 13.8 Å². The second kappa shape index (κ2) is 7.04. The molecule has 1 aromatic carbocycles. The topological polar surface area (TPSA) is 49.3 Å². The molecule has 0 spiro atoms. The van der Waals surface area contributed by atoms with Crippen molar-refractivity contribution in [3.05, 3.63) is 29.8 Å². The predicted octanol–water partition coefficient (Wildman–Crippen LogP) is 3.14. The maximum absolute atomic E-state index is 12.2. The summed E-state index contributed by atoms with van der Waals surface area (Å²) in [5.74, 6) is -2.80. The van der Waals surface area contributed by atoms with Crippen molar-refractivity contribution in [2.75, 3.05) is 6.54 Å². The zero-order valence-corrected chi connectivity index (χ0v) is 12.5. The summed E-state index contributed by atoms with van der Waals surface area (Å²) < 4.78 is 24.3. The van der Waals surface area contributed by atoms with Gasteiger partial charge < -0.3 is 10.4 Å². The molecule has 0 aliphatic heterocycles.